The number of hydrogen-bond acceptors (Lipinski definition) is 9. The summed E-state index contributed by atoms with van der Waals surface area (Å²) in [5, 5.41) is 3.16. The Labute approximate surface area is 247 Å². The molecule has 1 aliphatic heterocycles. The Hall–Kier alpha value is -2.87. The Morgan fingerprint density at radius 2 is 1.80 bits per heavy atom. The summed E-state index contributed by atoms with van der Waals surface area (Å²) >= 11 is 7.74. The van der Waals surface area contributed by atoms with E-state index < -0.39 is 31.7 Å². The molecule has 0 unspecified atom stereocenters. The van der Waals surface area contributed by atoms with Crippen LogP contribution in [0, 0.1) is 0 Å². The largest absolute Gasteiger partial charge is 0.748 e. The molecule has 0 amide bonds. The van der Waals surface area contributed by atoms with E-state index in [2.05, 4.69) is 0 Å². The van der Waals surface area contributed by atoms with Crippen LogP contribution >= 0.6 is 23.4 Å². The molecule has 41 heavy (non-hydrogen) atoms. The summed E-state index contributed by atoms with van der Waals surface area (Å²) in [5.41, 5.74) is 2.91. The van der Waals surface area contributed by atoms with Crippen LogP contribution in [-0.4, -0.2) is 44.0 Å². The summed E-state index contributed by atoms with van der Waals surface area (Å²) in [6.45, 7) is 2.18. The van der Waals surface area contributed by atoms with Crippen molar-refractivity contribution in [1.82, 2.24) is 0 Å². The quantitative estimate of drug-likeness (QED) is 0.169. The first-order valence-electron chi connectivity index (χ1n) is 12.8. The molecule has 1 aliphatic rings. The highest BCUT2D eigenvalue weighted by Gasteiger charge is 2.27. The van der Waals surface area contributed by atoms with Crippen molar-refractivity contribution in [2.45, 2.75) is 31.2 Å². The lowest BCUT2D eigenvalue weighted by Gasteiger charge is -2.21. The Balaban J connectivity index is 1.58. The minimum absolute atomic E-state index is 0.0826. The molecule has 0 spiro atoms. The number of aromatic nitrogens is 1. The molecule has 13 heteroatoms. The number of fused-ring (bicyclic) bond motifs is 4. The first kappa shape index (κ1) is 29.6. The number of benzene rings is 3. The van der Waals surface area contributed by atoms with Gasteiger partial charge in [-0.2, -0.15) is 4.57 Å². The Bertz CT molecular complexity index is 1920. The number of anilines is 1. The summed E-state index contributed by atoms with van der Waals surface area (Å²) in [6, 6.07) is 16.9. The fourth-order valence-electron chi connectivity index (χ4n) is 4.78. The van der Waals surface area contributed by atoms with E-state index in [1.54, 1.807) is 16.7 Å². The minimum atomic E-state index is -4.48. The molecule has 0 N–H and O–H groups in total. The van der Waals surface area contributed by atoms with Gasteiger partial charge in [0.25, 0.3) is 5.52 Å². The van der Waals surface area contributed by atoms with Crippen LogP contribution in [0.5, 0.6) is 0 Å². The van der Waals surface area contributed by atoms with Gasteiger partial charge in [0.2, 0.25) is 5.58 Å². The van der Waals surface area contributed by atoms with Crippen LogP contribution in [0.25, 0.3) is 27.9 Å². The standard InChI is InChI=1S/C28H27ClN2O7S3/c1-2-19(17-27-30(12-5-14-40(32,33)34)23-18-21(29)9-11-25(23)39-27)16-26-31(13-15-41(35,36)37)28-22-7-4-3-6-20(22)8-10-24(28)38-26/h3-4,6-11,16-18H,2,5,12-15H2,1H3,(H-,32,33,34,35,36,37)/p-1. The first-order valence-corrected chi connectivity index (χ1v) is 17.2. The summed E-state index contributed by atoms with van der Waals surface area (Å²) in [5.74, 6) is -0.689. The molecule has 2 heterocycles. The van der Waals surface area contributed by atoms with Gasteiger partial charge in [-0.1, -0.05) is 54.6 Å². The van der Waals surface area contributed by atoms with Crippen LogP contribution in [0.2, 0.25) is 5.02 Å². The van der Waals surface area contributed by atoms with Gasteiger partial charge in [0, 0.05) is 22.2 Å². The first-order chi connectivity index (χ1) is 19.4. The Morgan fingerprint density at radius 1 is 1.05 bits per heavy atom. The Morgan fingerprint density at radius 3 is 2.54 bits per heavy atom. The number of aryl methyl sites for hydroxylation is 1. The van der Waals surface area contributed by atoms with Crippen LogP contribution in [0.15, 0.2) is 80.6 Å². The zero-order valence-corrected chi connectivity index (χ0v) is 25.2. The molecule has 1 aromatic heterocycles. The molecule has 4 aromatic rings. The van der Waals surface area contributed by atoms with Crippen molar-refractivity contribution in [3.63, 3.8) is 0 Å². The van der Waals surface area contributed by atoms with Crippen molar-refractivity contribution < 1.29 is 34.9 Å². The van der Waals surface area contributed by atoms with E-state index in [0.29, 0.717) is 35.0 Å². The molecule has 5 rings (SSSR count). The Kier molecular flexibility index (Phi) is 8.51. The van der Waals surface area contributed by atoms with E-state index in [4.69, 9.17) is 16.0 Å². The lowest BCUT2D eigenvalue weighted by atomic mass is 10.1. The van der Waals surface area contributed by atoms with E-state index in [-0.39, 0.29) is 13.0 Å². The number of hydrogen-bond donors (Lipinski definition) is 0. The van der Waals surface area contributed by atoms with Gasteiger partial charge >= 0.3 is 5.89 Å². The van der Waals surface area contributed by atoms with E-state index in [9.17, 15) is 25.9 Å². The van der Waals surface area contributed by atoms with Gasteiger partial charge < -0.3 is 18.4 Å². The van der Waals surface area contributed by atoms with Crippen LogP contribution < -0.4 is 9.47 Å². The highest BCUT2D eigenvalue weighted by molar-refractivity contribution is 8.03. The van der Waals surface area contributed by atoms with Gasteiger partial charge in [-0.15, -0.1) is 0 Å². The van der Waals surface area contributed by atoms with Crippen LogP contribution in [0.1, 0.15) is 25.7 Å². The second-order valence-corrected chi connectivity index (χ2v) is 14.1. The molecular formula is C28H26ClN2O7S3-. The predicted molar refractivity (Wildman–Crippen MR) is 159 cm³/mol. The zero-order chi connectivity index (χ0) is 29.4. The number of halogens is 1. The molecule has 0 saturated carbocycles. The topological polar surface area (TPSA) is 135 Å². The third kappa shape index (κ3) is 6.96. The molecule has 216 valence electrons. The number of oxazole rings is 1. The van der Waals surface area contributed by atoms with Gasteiger partial charge in [-0.25, -0.2) is 16.8 Å². The van der Waals surface area contributed by atoms with E-state index >= 15 is 0 Å². The fourth-order valence-corrected chi connectivity index (χ4v) is 6.98. The summed E-state index contributed by atoms with van der Waals surface area (Å²) < 4.78 is 76.3. The van der Waals surface area contributed by atoms with Crippen molar-refractivity contribution in [3.8, 4) is 0 Å². The van der Waals surface area contributed by atoms with Crippen LogP contribution in [0.3, 0.4) is 0 Å². The van der Waals surface area contributed by atoms with E-state index in [1.165, 1.54) is 11.8 Å². The summed E-state index contributed by atoms with van der Waals surface area (Å²) in [4.78, 5) is 2.87. The fraction of sp³-hybridized carbons (Fsp3) is 0.250. The maximum absolute atomic E-state index is 11.6. The second-order valence-electron chi connectivity index (χ2n) is 9.52. The normalized spacial score (nSPS) is 15.4. The number of rotatable bonds is 10. The molecular weight excluding hydrogens is 608 g/mol. The van der Waals surface area contributed by atoms with Crippen molar-refractivity contribution in [2.75, 3.05) is 23.0 Å². The van der Waals surface area contributed by atoms with Gasteiger partial charge in [0.05, 0.1) is 38.0 Å². The maximum atomic E-state index is 11.6. The molecule has 0 atom stereocenters. The van der Waals surface area contributed by atoms with Crippen molar-refractivity contribution in [1.29, 1.82) is 0 Å². The second kappa shape index (κ2) is 11.8. The highest BCUT2D eigenvalue weighted by atomic mass is 35.5. The lowest BCUT2D eigenvalue weighted by molar-refractivity contribution is -0.672. The van der Waals surface area contributed by atoms with Gasteiger partial charge in [0.15, 0.2) is 6.54 Å². The van der Waals surface area contributed by atoms with Crippen molar-refractivity contribution in [3.05, 3.63) is 82.2 Å². The van der Waals surface area contributed by atoms with Gasteiger partial charge in [-0.05, 0) is 60.2 Å². The molecule has 0 fully saturated rings. The predicted octanol–water partition coefficient (Wildman–Crippen LogP) is 5.25. The number of thioether (sulfide) groups is 1. The third-order valence-corrected chi connectivity index (χ3v) is 9.49. The SMILES string of the molecule is CCC(/C=C1\Sc2ccc(Cl)cc2N1CCCS(=O)(=O)[O-])=C\c1oc2ccc3ccccc3c2[n+]1CCS(=O)(=O)[O-]. The van der Waals surface area contributed by atoms with E-state index in [0.717, 1.165) is 32.0 Å². The van der Waals surface area contributed by atoms with Crippen LogP contribution in [-0.2, 0) is 26.8 Å². The molecule has 9 nitrogen and oxygen atoms in total. The number of allylic oxidation sites excluding steroid dienone is 2. The molecule has 0 bridgehead atoms. The van der Waals surface area contributed by atoms with Crippen LogP contribution in [0.4, 0.5) is 5.69 Å². The molecule has 3 aromatic carbocycles. The average molecular weight is 634 g/mol. The molecule has 0 radical (unpaired) electrons. The van der Waals surface area contributed by atoms with E-state index in [1.807, 2.05) is 66.4 Å². The summed E-state index contributed by atoms with van der Waals surface area (Å²) in [7, 11) is -8.84. The summed E-state index contributed by atoms with van der Waals surface area (Å²) in [6.07, 6.45) is 4.49. The smallest absolute Gasteiger partial charge is 0.374 e. The zero-order valence-electron chi connectivity index (χ0n) is 21.9. The average Bonchev–Trinajstić information content (AvgIpc) is 3.43. The molecule has 0 aliphatic carbocycles. The van der Waals surface area contributed by atoms with Crippen molar-refractivity contribution in [2.24, 2.45) is 0 Å². The lowest BCUT2D eigenvalue weighted by Crippen LogP contribution is -2.38. The van der Waals surface area contributed by atoms with Crippen molar-refractivity contribution >= 4 is 77.2 Å². The van der Waals surface area contributed by atoms with Gasteiger partial charge in [0.1, 0.15) is 10.1 Å². The number of nitrogens with zero attached hydrogens (tertiary/aromatic N) is 2. The molecule has 0 saturated heterocycles. The highest BCUT2D eigenvalue weighted by Crippen LogP contribution is 2.47. The monoisotopic (exact) mass is 633 g/mol. The van der Waals surface area contributed by atoms with Gasteiger partial charge in [-0.3, -0.25) is 0 Å². The maximum Gasteiger partial charge on any atom is 0.374 e. The minimum Gasteiger partial charge on any atom is -0.748 e. The third-order valence-electron chi connectivity index (χ3n) is 6.67.